The zero-order valence-electron chi connectivity index (χ0n) is 41.9. The molecule has 386 valence electrons. The van der Waals surface area contributed by atoms with Gasteiger partial charge in [0.2, 0.25) is 11.6 Å². The summed E-state index contributed by atoms with van der Waals surface area (Å²) in [4.78, 5) is 26.6. The Bertz CT molecular complexity index is 4350. The molecule has 3 N–H and O–H groups in total. The van der Waals surface area contributed by atoms with Crippen molar-refractivity contribution in [2.75, 3.05) is 10.9 Å². The van der Waals surface area contributed by atoms with Crippen molar-refractivity contribution in [1.82, 2.24) is 4.98 Å². The van der Waals surface area contributed by atoms with E-state index in [1.165, 1.54) is 12.1 Å². The number of benzene rings is 5. The Morgan fingerprint density at radius 1 is 0.562 bits per heavy atom. The molecule has 0 saturated carbocycles. The van der Waals surface area contributed by atoms with E-state index in [-0.39, 0.29) is 170 Å². The van der Waals surface area contributed by atoms with Crippen LogP contribution < -0.4 is 159 Å². The number of hydrazone groups is 2. The standard InChI is InChI=1S/C42H29N9O18S6.5Na/c1-20-2-10-28-35(12-20)70-42(43-28)27-9-5-23(15-36(27)73(61,62)63)45-48-30-18-31(34(53)19-33(30)52)49-50-32-17-26(72(58,59)60)13-21-14-38(75(67,68)69)40(41(54)39(21)32)51-46-24-6-11-29(37(16-24)74(64,65)66)47-44-22-3-7-25(8-4-22)71(55,56)57;;;;;/h2-19,45-46,53H,1H3,(H,55,56,57)(H,58,59,60)(H,61,62,63)(H,64,65,66)(H,67,68,69);;;;;/q;5*+1/p-5/b47-44?,48-30-,50-49?,51-40+;;;;;. The van der Waals surface area contributed by atoms with E-state index in [1.54, 1.807) is 12.1 Å². The van der Waals surface area contributed by atoms with Crippen LogP contribution in [-0.4, -0.2) is 97.9 Å². The fourth-order valence-corrected chi connectivity index (χ4v) is 10.9. The smallest absolute Gasteiger partial charge is 0.744 e. The number of azo groups is 2. The monoisotopic (exact) mass is 1250 g/mol. The van der Waals surface area contributed by atoms with Crippen LogP contribution in [0.3, 0.4) is 0 Å². The number of carbonyl (C=O) groups is 2. The normalized spacial score (nSPS) is 14.9. The summed E-state index contributed by atoms with van der Waals surface area (Å²) in [7, 11) is -26.6. The van der Waals surface area contributed by atoms with Crippen LogP contribution in [0, 0.1) is 6.92 Å². The van der Waals surface area contributed by atoms with Crippen LogP contribution in [0.15, 0.2) is 170 Å². The number of fused-ring (bicyclic) bond motifs is 2. The van der Waals surface area contributed by atoms with Gasteiger partial charge in [0.05, 0.1) is 63.0 Å². The first kappa shape index (κ1) is 71.3. The molecule has 8 rings (SSSR count). The number of aliphatic hydroxyl groups excluding tert-OH is 1. The summed E-state index contributed by atoms with van der Waals surface area (Å²) >= 11 is 1.13. The summed E-state index contributed by atoms with van der Waals surface area (Å²) in [5.74, 6) is -3.38. The van der Waals surface area contributed by atoms with E-state index in [9.17, 15) is 79.5 Å². The largest absolute Gasteiger partial charge is 1.00 e. The molecule has 0 saturated heterocycles. The Kier molecular flexibility index (Phi) is 24.8. The quantitative estimate of drug-likeness (QED) is 0.0300. The fraction of sp³-hybridized carbons (Fsp3) is 0.0238. The van der Waals surface area contributed by atoms with E-state index in [0.717, 1.165) is 70.1 Å². The van der Waals surface area contributed by atoms with Crippen LogP contribution in [0.25, 0.3) is 26.9 Å². The molecule has 0 amide bonds. The van der Waals surface area contributed by atoms with Gasteiger partial charge in [-0.05, 0) is 109 Å². The van der Waals surface area contributed by atoms with E-state index in [2.05, 4.69) is 46.5 Å². The van der Waals surface area contributed by atoms with Crippen LogP contribution in [0.2, 0.25) is 0 Å². The average Bonchev–Trinajstić information content (AvgIpc) is 3.74. The minimum absolute atomic E-state index is 0. The Morgan fingerprint density at radius 2 is 1.15 bits per heavy atom. The van der Waals surface area contributed by atoms with Crippen molar-refractivity contribution in [3.05, 3.63) is 136 Å². The zero-order valence-corrected chi connectivity index (χ0v) is 56.8. The summed E-state index contributed by atoms with van der Waals surface area (Å²) in [5, 5.41) is 33.4. The summed E-state index contributed by atoms with van der Waals surface area (Å²) in [5.41, 5.74) is -0.0293. The maximum absolute atomic E-state index is 14.1. The third-order valence-electron chi connectivity index (χ3n) is 10.2. The number of aryl methyl sites for hydroxylation is 1. The summed E-state index contributed by atoms with van der Waals surface area (Å²) < 4.78 is 183. The number of ketones is 2. The number of aliphatic hydroxyl groups is 1. The van der Waals surface area contributed by atoms with Crippen molar-refractivity contribution in [2.24, 2.45) is 30.7 Å². The number of rotatable bonds is 14. The fourth-order valence-electron chi connectivity index (χ4n) is 6.79. The molecule has 80 heavy (non-hydrogen) atoms. The minimum atomic E-state index is -5.74. The van der Waals surface area contributed by atoms with Gasteiger partial charge < -0.3 is 27.9 Å². The van der Waals surface area contributed by atoms with Crippen molar-refractivity contribution in [1.29, 1.82) is 0 Å². The molecule has 6 aromatic rings. The van der Waals surface area contributed by atoms with Crippen molar-refractivity contribution in [3.63, 3.8) is 0 Å². The van der Waals surface area contributed by atoms with Gasteiger partial charge in [0, 0.05) is 17.7 Å². The maximum atomic E-state index is 14.1. The third-order valence-corrected chi connectivity index (χ3v) is 15.5. The molecule has 5 aromatic carbocycles. The Hall–Kier alpha value is -2.96. The van der Waals surface area contributed by atoms with Crippen LogP contribution in [0.1, 0.15) is 21.5 Å². The number of hydrogen-bond acceptors (Lipinski definition) is 28. The molecule has 1 aromatic heterocycles. The van der Waals surface area contributed by atoms with Crippen molar-refractivity contribution >= 4 is 130 Å². The third kappa shape index (κ3) is 16.9. The summed E-state index contributed by atoms with van der Waals surface area (Å²) in [6, 6.07) is 16.2. The molecule has 0 bridgehead atoms. The number of hydrogen-bond donors (Lipinski definition) is 3. The number of aromatic nitrogens is 1. The van der Waals surface area contributed by atoms with Crippen molar-refractivity contribution in [3.8, 4) is 10.6 Å². The van der Waals surface area contributed by atoms with Crippen LogP contribution in [-0.2, 0) is 55.4 Å². The molecule has 0 radical (unpaired) electrons. The van der Waals surface area contributed by atoms with E-state index >= 15 is 0 Å². The maximum Gasteiger partial charge on any atom is 1.00 e. The molecule has 0 unspecified atom stereocenters. The number of carbonyl (C=O) groups excluding carboxylic acids is 2. The molecule has 38 heteroatoms. The second-order valence-corrected chi connectivity index (χ2v) is 23.2. The van der Waals surface area contributed by atoms with Gasteiger partial charge in [-0.25, -0.2) is 47.1 Å². The minimum Gasteiger partial charge on any atom is -0.744 e. The van der Waals surface area contributed by atoms with E-state index in [1.807, 2.05) is 13.0 Å². The zero-order chi connectivity index (χ0) is 54.6. The second-order valence-electron chi connectivity index (χ2n) is 15.4. The van der Waals surface area contributed by atoms with E-state index in [0.29, 0.717) is 35.9 Å². The predicted octanol–water partition coefficient (Wildman–Crippen LogP) is -9.67. The first-order chi connectivity index (χ1) is 34.9. The van der Waals surface area contributed by atoms with Crippen molar-refractivity contribution < 1.29 is 227 Å². The summed E-state index contributed by atoms with van der Waals surface area (Å²) in [6.45, 7) is 1.85. The van der Waals surface area contributed by atoms with Gasteiger partial charge in [0.15, 0.2) is 0 Å². The molecular formula is C42H24N9Na5O18S6. The number of nitrogens with one attached hydrogen (secondary N) is 2. The first-order valence-corrected chi connectivity index (χ1v) is 28.0. The van der Waals surface area contributed by atoms with E-state index in [4.69, 9.17) is 0 Å². The van der Waals surface area contributed by atoms with Crippen molar-refractivity contribution in [2.45, 2.75) is 26.5 Å². The van der Waals surface area contributed by atoms with Gasteiger partial charge in [-0.15, -0.1) is 26.7 Å². The summed E-state index contributed by atoms with van der Waals surface area (Å²) in [6.07, 6.45) is 1.85. The first-order valence-electron chi connectivity index (χ1n) is 20.1. The van der Waals surface area contributed by atoms with Gasteiger partial charge in [-0.1, -0.05) is 6.07 Å². The van der Waals surface area contributed by atoms with Gasteiger partial charge in [-0.2, -0.15) is 15.3 Å². The van der Waals surface area contributed by atoms with Gasteiger partial charge >= 0.3 is 148 Å². The molecule has 2 aliphatic carbocycles. The number of nitrogens with zero attached hydrogens (tertiary/aromatic N) is 7. The number of anilines is 2. The Morgan fingerprint density at radius 3 is 1.75 bits per heavy atom. The Balaban J connectivity index is 0.00000336. The second kappa shape index (κ2) is 27.8. The SMILES string of the molecule is Cc1ccc2nc(-c3ccc(N/N=C4/C=C(N=Nc5cc(S(=O)(=O)[O-])cc6c5C(=O)/C(=N/Nc5ccc(N=Nc7ccc(S(=O)(=O)[O-])cc7)c(S(=O)(=O)[O-])c5)C(S(=O)(=O)[O-])=C6)C(O)=CC4=O)cc3S(=O)(=O)[O-])sc2c1.[Na+].[Na+].[Na+].[Na+].[Na+]. The molecular weight excluding hydrogens is 1230 g/mol. The van der Waals surface area contributed by atoms with Crippen LogP contribution in [0.4, 0.5) is 28.4 Å². The average molecular weight is 1250 g/mol. The van der Waals surface area contributed by atoms with Gasteiger partial charge in [-0.3, -0.25) is 20.4 Å². The molecule has 1 heterocycles. The topological polar surface area (TPSA) is 451 Å². The molecule has 0 aliphatic heterocycles. The number of allylic oxidation sites excluding steroid dienone is 3. The van der Waals surface area contributed by atoms with Gasteiger partial charge in [0.1, 0.15) is 84.2 Å². The Labute approximate surface area is 568 Å². The van der Waals surface area contributed by atoms with E-state index < -0.39 is 138 Å². The number of thiazole rings is 1. The molecule has 2 aliphatic rings. The van der Waals surface area contributed by atoms with Crippen LogP contribution in [0.5, 0.6) is 0 Å². The molecule has 0 spiro atoms. The molecule has 0 atom stereocenters. The number of Topliss-reactive ketones (excluding diaryl/α,β-unsaturated/α-hetero) is 1. The van der Waals surface area contributed by atoms with Gasteiger partial charge in [0.25, 0.3) is 0 Å². The predicted molar refractivity (Wildman–Crippen MR) is 258 cm³/mol. The van der Waals surface area contributed by atoms with Crippen LogP contribution >= 0.6 is 11.3 Å². The molecule has 0 fully saturated rings. The molecule has 27 nitrogen and oxygen atoms in total.